The van der Waals surface area contributed by atoms with Gasteiger partial charge in [-0.05, 0) is 108 Å². The standard InChI is InChI=1S/C45H54FN9O5.2H2/c1-27-23-54(37-10-8-32-34(41(37)46)25-55(44(32)58)38-11-12-40(56)49-43(38)57)20-19-53(27)24-28-3-5-29(6-4-28)59-30-13-17-52(18-14-30)39-22-36(47-26-48-39)42-33-21-31(60-45(2)15-16-45)7-9-35(33)50-51-42;;/h7-10,21-22,26-30,38H,3-6,11-20,23-25H2,1-2H3,(H,50,51)(H,49,56,57);2*1H/t27-,28?,29?,38?;;/m0../s1. The molecule has 6 aliphatic rings. The van der Waals surface area contributed by atoms with Crippen molar-refractivity contribution in [1.29, 1.82) is 0 Å². The zero-order valence-corrected chi connectivity index (χ0v) is 34.5. The van der Waals surface area contributed by atoms with E-state index in [1.807, 2.05) is 18.2 Å². The van der Waals surface area contributed by atoms with Crippen LogP contribution < -0.4 is 19.9 Å². The molecule has 2 aromatic heterocycles. The van der Waals surface area contributed by atoms with Gasteiger partial charge in [0.05, 0.1) is 35.7 Å². The van der Waals surface area contributed by atoms with Gasteiger partial charge in [0.1, 0.15) is 35.2 Å². The molecule has 10 rings (SSSR count). The number of rotatable bonds is 10. The Hall–Kier alpha value is -5.15. The third kappa shape index (κ3) is 7.70. The second-order valence-electron chi connectivity index (χ2n) is 18.2. The summed E-state index contributed by atoms with van der Waals surface area (Å²) in [4.78, 5) is 54.9. The number of imide groups is 1. The zero-order chi connectivity index (χ0) is 41.1. The van der Waals surface area contributed by atoms with Gasteiger partial charge >= 0.3 is 0 Å². The van der Waals surface area contributed by atoms with E-state index in [1.54, 1.807) is 18.5 Å². The molecule has 6 heterocycles. The number of hydrogen-bond acceptors (Lipinski definition) is 11. The second kappa shape index (κ2) is 15.7. The fraction of sp³-hybridized carbons (Fsp3) is 0.556. The van der Waals surface area contributed by atoms with Crippen molar-refractivity contribution in [2.75, 3.05) is 49.1 Å². The smallest absolute Gasteiger partial charge is 0.255 e. The highest BCUT2D eigenvalue weighted by atomic mass is 19.1. The van der Waals surface area contributed by atoms with Gasteiger partial charge in [0.15, 0.2) is 5.82 Å². The van der Waals surface area contributed by atoms with Crippen LogP contribution in [0.3, 0.4) is 0 Å². The average molecular weight is 824 g/mol. The number of aromatic amines is 1. The quantitative estimate of drug-likeness (QED) is 0.179. The lowest BCUT2D eigenvalue weighted by molar-refractivity contribution is -0.136. The lowest BCUT2D eigenvalue weighted by Gasteiger charge is -2.43. The van der Waals surface area contributed by atoms with Gasteiger partial charge in [0.2, 0.25) is 11.8 Å². The highest BCUT2D eigenvalue weighted by Gasteiger charge is 2.42. The van der Waals surface area contributed by atoms with Gasteiger partial charge in [0, 0.05) is 77.2 Å². The van der Waals surface area contributed by atoms with E-state index in [0.717, 1.165) is 111 Å². The maximum absolute atomic E-state index is 16.1. The maximum Gasteiger partial charge on any atom is 0.255 e. The summed E-state index contributed by atoms with van der Waals surface area (Å²) in [5.41, 5.74) is 3.65. The Morgan fingerprint density at radius 1 is 0.917 bits per heavy atom. The molecular formula is C45H58FN9O5. The van der Waals surface area contributed by atoms with Crippen LogP contribution in [0.2, 0.25) is 0 Å². The van der Waals surface area contributed by atoms with Crippen LogP contribution in [0.5, 0.6) is 5.75 Å². The van der Waals surface area contributed by atoms with Crippen molar-refractivity contribution in [3.63, 3.8) is 0 Å². The van der Waals surface area contributed by atoms with Crippen LogP contribution >= 0.6 is 0 Å². The summed E-state index contributed by atoms with van der Waals surface area (Å²) in [7, 11) is 0. The lowest BCUT2D eigenvalue weighted by Crippen LogP contribution is -2.53. The van der Waals surface area contributed by atoms with Gasteiger partial charge in [-0.15, -0.1) is 0 Å². The SMILES string of the molecule is C[C@H]1CN(c2ccc3c(c2F)CN(C2CCC(=O)NC2=O)C3=O)CCN1CC1CCC(OC2CCN(c3cc(-c4n[nH]c5ccc(OC6(C)CC6)cc45)ncn3)CC2)CC1.[HH].[HH]. The van der Waals surface area contributed by atoms with Crippen LogP contribution in [0.15, 0.2) is 42.7 Å². The number of carbonyl (C=O) groups excluding carboxylic acids is 3. The van der Waals surface area contributed by atoms with E-state index in [0.29, 0.717) is 41.9 Å². The van der Waals surface area contributed by atoms with Crippen LogP contribution in [0.25, 0.3) is 22.3 Å². The number of piperidine rings is 2. The number of H-pyrrole nitrogens is 1. The van der Waals surface area contributed by atoms with Crippen LogP contribution in [0.1, 0.15) is 96.8 Å². The fourth-order valence-corrected chi connectivity index (χ4v) is 10.1. The van der Waals surface area contributed by atoms with Crippen molar-refractivity contribution < 1.29 is 31.1 Å². The summed E-state index contributed by atoms with van der Waals surface area (Å²) >= 11 is 0. The second-order valence-corrected chi connectivity index (χ2v) is 18.2. The minimum absolute atomic E-state index is 0. The average Bonchev–Trinajstić information content (AvgIpc) is 3.66. The van der Waals surface area contributed by atoms with Gasteiger partial charge < -0.3 is 24.2 Å². The number of aromatic nitrogens is 4. The Bertz CT molecular complexity index is 2310. The normalized spacial score (nSPS) is 26.1. The van der Waals surface area contributed by atoms with E-state index >= 15 is 4.39 Å². The summed E-state index contributed by atoms with van der Waals surface area (Å²) in [5, 5.41) is 11.1. The first-order valence-electron chi connectivity index (χ1n) is 21.9. The summed E-state index contributed by atoms with van der Waals surface area (Å²) < 4.78 is 29.0. The van der Waals surface area contributed by atoms with Gasteiger partial charge in [-0.25, -0.2) is 14.4 Å². The molecule has 15 heteroatoms. The number of nitrogens with zero attached hydrogens (tertiary/aromatic N) is 7. The van der Waals surface area contributed by atoms with E-state index in [9.17, 15) is 14.4 Å². The lowest BCUT2D eigenvalue weighted by atomic mass is 9.86. The molecule has 2 saturated carbocycles. The topological polar surface area (TPSA) is 149 Å². The monoisotopic (exact) mass is 823 g/mol. The van der Waals surface area contributed by atoms with E-state index in [1.165, 1.54) is 4.90 Å². The van der Waals surface area contributed by atoms with Gasteiger partial charge in [-0.1, -0.05) is 0 Å². The number of carbonyl (C=O) groups is 3. The van der Waals surface area contributed by atoms with Crippen molar-refractivity contribution in [3.8, 4) is 17.1 Å². The largest absolute Gasteiger partial charge is 0.488 e. The summed E-state index contributed by atoms with van der Waals surface area (Å²) in [5.74, 6) is 0.809. The third-order valence-electron chi connectivity index (χ3n) is 13.9. The van der Waals surface area contributed by atoms with Gasteiger partial charge in [-0.2, -0.15) is 5.10 Å². The molecule has 0 radical (unpaired) electrons. The van der Waals surface area contributed by atoms with E-state index < -0.39 is 11.9 Å². The molecule has 0 spiro atoms. The number of hydrogen-bond donors (Lipinski definition) is 2. The molecule has 320 valence electrons. The molecule has 5 fully saturated rings. The number of piperazine rings is 1. The first kappa shape index (κ1) is 39.0. The van der Waals surface area contributed by atoms with E-state index in [4.69, 9.17) is 9.47 Å². The number of fused-ring (bicyclic) bond motifs is 2. The molecule has 3 saturated heterocycles. The van der Waals surface area contributed by atoms with Crippen molar-refractivity contribution >= 4 is 40.1 Å². The minimum Gasteiger partial charge on any atom is -0.488 e. The van der Waals surface area contributed by atoms with Gasteiger partial charge in [-0.3, -0.25) is 29.7 Å². The minimum atomic E-state index is -0.763. The predicted molar refractivity (Wildman–Crippen MR) is 227 cm³/mol. The van der Waals surface area contributed by atoms with Crippen molar-refractivity contribution in [2.24, 2.45) is 5.92 Å². The number of ether oxygens (including phenoxy) is 2. The van der Waals surface area contributed by atoms with Crippen LogP contribution in [0.4, 0.5) is 15.9 Å². The first-order valence-corrected chi connectivity index (χ1v) is 21.9. The molecule has 3 amide bonds. The van der Waals surface area contributed by atoms with Crippen LogP contribution in [0, 0.1) is 11.7 Å². The molecule has 2 aliphatic carbocycles. The number of nitrogens with one attached hydrogen (secondary N) is 2. The fourth-order valence-electron chi connectivity index (χ4n) is 10.1. The van der Waals surface area contributed by atoms with E-state index in [-0.39, 0.29) is 57.6 Å². The Morgan fingerprint density at radius 2 is 1.72 bits per heavy atom. The van der Waals surface area contributed by atoms with Crippen LogP contribution in [-0.4, -0.2) is 117 Å². The number of halogens is 1. The van der Waals surface area contributed by atoms with Crippen molar-refractivity contribution in [3.05, 3.63) is 59.7 Å². The third-order valence-corrected chi connectivity index (χ3v) is 13.9. The highest BCUT2D eigenvalue weighted by molar-refractivity contribution is 6.05. The maximum atomic E-state index is 16.1. The molecule has 14 nitrogen and oxygen atoms in total. The summed E-state index contributed by atoms with van der Waals surface area (Å²) in [6, 6.07) is 11.0. The molecule has 2 aromatic carbocycles. The van der Waals surface area contributed by atoms with Crippen LogP contribution in [-0.2, 0) is 20.9 Å². The zero-order valence-electron chi connectivity index (χ0n) is 34.5. The summed E-state index contributed by atoms with van der Waals surface area (Å²) in [6.45, 7) is 9.44. The number of anilines is 2. The molecule has 4 aromatic rings. The van der Waals surface area contributed by atoms with Crippen molar-refractivity contribution in [1.82, 2.24) is 35.3 Å². The Morgan fingerprint density at radius 3 is 2.48 bits per heavy atom. The van der Waals surface area contributed by atoms with Crippen molar-refractivity contribution in [2.45, 2.75) is 114 Å². The Labute approximate surface area is 352 Å². The first-order chi connectivity index (χ1) is 29.1. The van der Waals surface area contributed by atoms with Gasteiger partial charge in [0.25, 0.3) is 5.91 Å². The molecule has 2 N–H and O–H groups in total. The summed E-state index contributed by atoms with van der Waals surface area (Å²) in [6.07, 6.45) is 11.1. The molecule has 2 atom stereocenters. The highest BCUT2D eigenvalue weighted by Crippen LogP contribution is 2.41. The Kier molecular flexibility index (Phi) is 10.2. The molecular weight excluding hydrogens is 766 g/mol. The molecule has 4 aliphatic heterocycles. The molecule has 0 bridgehead atoms. The number of amides is 3. The van der Waals surface area contributed by atoms with E-state index in [2.05, 4.69) is 60.1 Å². The number of benzene rings is 2. The Balaban J connectivity index is 0.00000264. The molecule has 1 unspecified atom stereocenters. The predicted octanol–water partition coefficient (Wildman–Crippen LogP) is 6.10. The molecule has 60 heavy (non-hydrogen) atoms.